The first-order valence-electron chi connectivity index (χ1n) is 7.80. The first-order chi connectivity index (χ1) is 10.8. The number of rotatable bonds is 6. The fourth-order valence-corrected chi connectivity index (χ4v) is 2.06. The number of hydrogen-bond donors (Lipinski definition) is 2. The van der Waals surface area contributed by atoms with Crippen molar-refractivity contribution in [2.75, 3.05) is 18.7 Å². The smallest absolute Gasteiger partial charge is 0.239 e. The molecule has 1 aliphatic heterocycles. The molecular weight excluding hydrogens is 296 g/mol. The summed E-state index contributed by atoms with van der Waals surface area (Å²) >= 11 is 0. The molecule has 0 saturated carbocycles. The van der Waals surface area contributed by atoms with Gasteiger partial charge in [0, 0.05) is 18.3 Å². The monoisotopic (exact) mass is 320 g/mol. The predicted octanol–water partition coefficient (Wildman–Crippen LogP) is 2.54. The zero-order valence-electron chi connectivity index (χ0n) is 14.1. The van der Waals surface area contributed by atoms with Gasteiger partial charge in [0.1, 0.15) is 5.41 Å². The average molecular weight is 320 g/mol. The summed E-state index contributed by atoms with van der Waals surface area (Å²) < 4.78 is 10.5. The number of benzene rings is 1. The van der Waals surface area contributed by atoms with Gasteiger partial charge in [-0.05, 0) is 38.3 Å². The van der Waals surface area contributed by atoms with E-state index in [1.54, 1.807) is 32.0 Å². The molecule has 6 nitrogen and oxygen atoms in total. The number of fused-ring (bicyclic) bond motifs is 1. The number of carbonyl (C=O) groups is 2. The zero-order valence-corrected chi connectivity index (χ0v) is 14.1. The van der Waals surface area contributed by atoms with Gasteiger partial charge in [0.25, 0.3) is 0 Å². The topological polar surface area (TPSA) is 76.7 Å². The minimum absolute atomic E-state index is 0.177. The SMILES string of the molecule is CC(C)CCNC(=O)C(C)(C)C(=O)Nc1ccc2c(c1)OCO2. The lowest BCUT2D eigenvalue weighted by atomic mass is 9.90. The number of nitrogens with one attached hydrogen (secondary N) is 2. The van der Waals surface area contributed by atoms with Crippen molar-refractivity contribution in [1.29, 1.82) is 0 Å². The highest BCUT2D eigenvalue weighted by Crippen LogP contribution is 2.34. The lowest BCUT2D eigenvalue weighted by molar-refractivity contribution is -0.138. The van der Waals surface area contributed by atoms with Crippen molar-refractivity contribution in [3.8, 4) is 11.5 Å². The molecule has 0 bridgehead atoms. The molecule has 0 atom stereocenters. The molecular formula is C17H24N2O4. The standard InChI is InChI=1S/C17H24N2O4/c1-11(2)7-8-18-15(20)17(3,4)16(21)19-12-5-6-13-14(9-12)23-10-22-13/h5-6,9,11H,7-8,10H2,1-4H3,(H,18,20)(H,19,21). The lowest BCUT2D eigenvalue weighted by Crippen LogP contribution is -2.45. The highest BCUT2D eigenvalue weighted by molar-refractivity contribution is 6.09. The summed E-state index contributed by atoms with van der Waals surface area (Å²) in [6, 6.07) is 5.14. The Kier molecular flexibility index (Phi) is 5.13. The Labute approximate surface area is 136 Å². The Balaban J connectivity index is 1.96. The summed E-state index contributed by atoms with van der Waals surface area (Å²) in [6.45, 7) is 8.14. The van der Waals surface area contributed by atoms with E-state index in [0.717, 1.165) is 6.42 Å². The molecule has 6 heteroatoms. The summed E-state index contributed by atoms with van der Waals surface area (Å²) in [7, 11) is 0. The highest BCUT2D eigenvalue weighted by atomic mass is 16.7. The van der Waals surface area contributed by atoms with Crippen molar-refractivity contribution in [2.45, 2.75) is 34.1 Å². The van der Waals surface area contributed by atoms with E-state index < -0.39 is 5.41 Å². The van der Waals surface area contributed by atoms with Gasteiger partial charge in [-0.25, -0.2) is 0 Å². The molecule has 2 rings (SSSR count). The summed E-state index contributed by atoms with van der Waals surface area (Å²) in [5.74, 6) is 1.09. The highest BCUT2D eigenvalue weighted by Gasteiger charge is 2.36. The van der Waals surface area contributed by atoms with Gasteiger partial charge < -0.3 is 20.1 Å². The molecule has 1 aromatic carbocycles. The van der Waals surface area contributed by atoms with E-state index >= 15 is 0 Å². The molecule has 1 aliphatic rings. The van der Waals surface area contributed by atoms with Crippen LogP contribution < -0.4 is 20.1 Å². The van der Waals surface area contributed by atoms with Gasteiger partial charge in [-0.3, -0.25) is 9.59 Å². The van der Waals surface area contributed by atoms with Crippen molar-refractivity contribution >= 4 is 17.5 Å². The van der Waals surface area contributed by atoms with Crippen LogP contribution in [0.2, 0.25) is 0 Å². The van der Waals surface area contributed by atoms with Crippen molar-refractivity contribution in [2.24, 2.45) is 11.3 Å². The van der Waals surface area contributed by atoms with Crippen LogP contribution in [0.15, 0.2) is 18.2 Å². The Hall–Kier alpha value is -2.24. The van der Waals surface area contributed by atoms with Gasteiger partial charge in [0.05, 0.1) is 0 Å². The summed E-state index contributed by atoms with van der Waals surface area (Å²) in [5, 5.41) is 5.57. The lowest BCUT2D eigenvalue weighted by Gasteiger charge is -2.23. The molecule has 1 aromatic rings. The molecule has 0 radical (unpaired) electrons. The Morgan fingerprint density at radius 1 is 1.17 bits per heavy atom. The van der Waals surface area contributed by atoms with Crippen molar-refractivity contribution in [3.05, 3.63) is 18.2 Å². The van der Waals surface area contributed by atoms with Crippen molar-refractivity contribution in [1.82, 2.24) is 5.32 Å². The van der Waals surface area contributed by atoms with E-state index in [2.05, 4.69) is 24.5 Å². The molecule has 2 amide bonds. The second-order valence-electron chi connectivity index (χ2n) is 6.59. The molecule has 2 N–H and O–H groups in total. The fraction of sp³-hybridized carbons (Fsp3) is 0.529. The zero-order chi connectivity index (χ0) is 17.0. The fourth-order valence-electron chi connectivity index (χ4n) is 2.06. The number of carbonyl (C=O) groups excluding carboxylic acids is 2. The largest absolute Gasteiger partial charge is 0.454 e. The van der Waals surface area contributed by atoms with E-state index in [1.807, 2.05) is 0 Å². The molecule has 0 aromatic heterocycles. The maximum Gasteiger partial charge on any atom is 0.239 e. The normalized spacial score (nSPS) is 13.1. The molecule has 1 heterocycles. The maximum absolute atomic E-state index is 12.4. The second-order valence-corrected chi connectivity index (χ2v) is 6.59. The van der Waals surface area contributed by atoms with Crippen molar-refractivity contribution in [3.63, 3.8) is 0 Å². The number of hydrogen-bond acceptors (Lipinski definition) is 4. The van der Waals surface area contributed by atoms with Crippen LogP contribution in [0, 0.1) is 11.3 Å². The first kappa shape index (κ1) is 17.1. The Morgan fingerprint density at radius 3 is 2.57 bits per heavy atom. The van der Waals surface area contributed by atoms with Crippen LogP contribution in [0.5, 0.6) is 11.5 Å². The van der Waals surface area contributed by atoms with E-state index in [0.29, 0.717) is 29.6 Å². The van der Waals surface area contributed by atoms with Crippen LogP contribution in [0.3, 0.4) is 0 Å². The summed E-state index contributed by atoms with van der Waals surface area (Å²) in [5.41, 5.74) is -0.588. The first-order valence-corrected chi connectivity index (χ1v) is 7.80. The van der Waals surface area contributed by atoms with Gasteiger partial charge in [0.2, 0.25) is 18.6 Å². The second kappa shape index (κ2) is 6.89. The number of ether oxygens (including phenoxy) is 2. The molecule has 23 heavy (non-hydrogen) atoms. The van der Waals surface area contributed by atoms with Crippen LogP contribution >= 0.6 is 0 Å². The number of amides is 2. The molecule has 126 valence electrons. The molecule has 0 aliphatic carbocycles. The third kappa shape index (κ3) is 4.15. The number of anilines is 1. The third-order valence-electron chi connectivity index (χ3n) is 3.77. The van der Waals surface area contributed by atoms with Crippen LogP contribution in [-0.4, -0.2) is 25.2 Å². The van der Waals surface area contributed by atoms with Gasteiger partial charge in [-0.2, -0.15) is 0 Å². The third-order valence-corrected chi connectivity index (χ3v) is 3.77. The predicted molar refractivity (Wildman–Crippen MR) is 87.4 cm³/mol. The Bertz CT molecular complexity index is 596. The quantitative estimate of drug-likeness (QED) is 0.790. The van der Waals surface area contributed by atoms with E-state index in [9.17, 15) is 9.59 Å². The molecule has 0 saturated heterocycles. The van der Waals surface area contributed by atoms with Gasteiger partial charge in [0.15, 0.2) is 11.5 Å². The average Bonchev–Trinajstić information content (AvgIpc) is 2.94. The van der Waals surface area contributed by atoms with Crippen LogP contribution in [0.25, 0.3) is 0 Å². The van der Waals surface area contributed by atoms with Crippen LogP contribution in [0.1, 0.15) is 34.1 Å². The maximum atomic E-state index is 12.4. The van der Waals surface area contributed by atoms with Crippen LogP contribution in [0.4, 0.5) is 5.69 Å². The minimum atomic E-state index is -1.16. The van der Waals surface area contributed by atoms with E-state index in [1.165, 1.54) is 0 Å². The van der Waals surface area contributed by atoms with Gasteiger partial charge in [-0.1, -0.05) is 13.8 Å². The van der Waals surface area contributed by atoms with Crippen LogP contribution in [-0.2, 0) is 9.59 Å². The Morgan fingerprint density at radius 2 is 1.87 bits per heavy atom. The van der Waals surface area contributed by atoms with Gasteiger partial charge in [-0.15, -0.1) is 0 Å². The summed E-state index contributed by atoms with van der Waals surface area (Å²) in [6.07, 6.45) is 0.881. The minimum Gasteiger partial charge on any atom is -0.454 e. The molecule has 0 spiro atoms. The van der Waals surface area contributed by atoms with E-state index in [4.69, 9.17) is 9.47 Å². The van der Waals surface area contributed by atoms with Gasteiger partial charge >= 0.3 is 0 Å². The van der Waals surface area contributed by atoms with E-state index in [-0.39, 0.29) is 18.6 Å². The molecule has 0 fully saturated rings. The molecule has 0 unspecified atom stereocenters. The van der Waals surface area contributed by atoms with Crippen molar-refractivity contribution < 1.29 is 19.1 Å². The summed E-state index contributed by atoms with van der Waals surface area (Å²) in [4.78, 5) is 24.7.